The third-order valence-electron chi connectivity index (χ3n) is 4.88. The Hall–Kier alpha value is -3.56. The van der Waals surface area contributed by atoms with Crippen molar-refractivity contribution in [3.8, 4) is 5.75 Å². The molecule has 0 unspecified atom stereocenters. The first-order valence-electron chi connectivity index (χ1n) is 10.7. The lowest BCUT2D eigenvalue weighted by Crippen LogP contribution is -2.67. The molecule has 2 rings (SSSR count). The molecule has 1 aliphatic heterocycles. The minimum Gasteiger partial charge on any atom is -0.463 e. The van der Waals surface area contributed by atoms with Crippen LogP contribution in [0.15, 0.2) is 18.2 Å². The Morgan fingerprint density at radius 3 is 1.74 bits per heavy atom. The molecule has 1 aromatic rings. The van der Waals surface area contributed by atoms with Gasteiger partial charge in [-0.2, -0.15) is 26.3 Å². The average Bonchev–Trinajstić information content (AvgIpc) is 2.74. The Labute approximate surface area is 211 Å². The molecule has 1 amide bonds. The zero-order valence-electron chi connectivity index (χ0n) is 20.3. The zero-order valence-corrected chi connectivity index (χ0v) is 20.3. The van der Waals surface area contributed by atoms with E-state index in [2.05, 4.69) is 5.32 Å². The van der Waals surface area contributed by atoms with E-state index >= 15 is 0 Å². The van der Waals surface area contributed by atoms with Gasteiger partial charge in [-0.1, -0.05) is 0 Å². The maximum absolute atomic E-state index is 13.3. The second kappa shape index (κ2) is 11.9. The predicted molar refractivity (Wildman–Crippen MR) is 111 cm³/mol. The van der Waals surface area contributed by atoms with Gasteiger partial charge >= 0.3 is 30.3 Å². The molecule has 1 fully saturated rings. The fourth-order valence-corrected chi connectivity index (χ4v) is 3.52. The molecule has 16 heteroatoms. The van der Waals surface area contributed by atoms with E-state index in [1.54, 1.807) is 0 Å². The van der Waals surface area contributed by atoms with Crippen LogP contribution in [0, 0.1) is 0 Å². The molecule has 0 saturated carbocycles. The second-order valence-electron chi connectivity index (χ2n) is 8.08. The van der Waals surface area contributed by atoms with Crippen molar-refractivity contribution in [3.05, 3.63) is 29.3 Å². The number of halogens is 6. The van der Waals surface area contributed by atoms with E-state index in [-0.39, 0.29) is 18.2 Å². The molecular formula is C22H23F6NO9. The third kappa shape index (κ3) is 8.49. The first-order valence-corrected chi connectivity index (χ1v) is 10.7. The predicted octanol–water partition coefficient (Wildman–Crippen LogP) is 2.76. The molecule has 0 bridgehead atoms. The van der Waals surface area contributed by atoms with Crippen LogP contribution in [0.5, 0.6) is 5.75 Å². The third-order valence-corrected chi connectivity index (χ3v) is 4.88. The molecule has 10 nitrogen and oxygen atoms in total. The van der Waals surface area contributed by atoms with Crippen LogP contribution in [-0.4, -0.2) is 61.1 Å². The number of nitrogens with one attached hydrogen (secondary N) is 1. The van der Waals surface area contributed by atoms with Crippen molar-refractivity contribution in [2.75, 3.05) is 6.61 Å². The number of esters is 3. The minimum atomic E-state index is -5.19. The average molecular weight is 559 g/mol. The summed E-state index contributed by atoms with van der Waals surface area (Å²) in [5.74, 6) is -4.48. The summed E-state index contributed by atoms with van der Waals surface area (Å²) >= 11 is 0. The molecule has 1 aliphatic rings. The largest absolute Gasteiger partial charge is 0.463 e. The topological polar surface area (TPSA) is 126 Å². The van der Waals surface area contributed by atoms with Crippen molar-refractivity contribution in [1.82, 2.24) is 5.32 Å². The number of hydrogen-bond donors (Lipinski definition) is 1. The highest BCUT2D eigenvalue weighted by Gasteiger charge is 2.52. The molecular weight excluding hydrogens is 536 g/mol. The molecule has 1 saturated heterocycles. The zero-order chi connectivity index (χ0) is 29.0. The second-order valence-corrected chi connectivity index (χ2v) is 8.08. The summed E-state index contributed by atoms with van der Waals surface area (Å²) < 4.78 is 106. The van der Waals surface area contributed by atoms with Crippen LogP contribution in [0.3, 0.4) is 0 Å². The fraction of sp³-hybridized carbons (Fsp3) is 0.545. The summed E-state index contributed by atoms with van der Waals surface area (Å²) in [4.78, 5) is 46.8. The Bertz CT molecular complexity index is 1030. The quantitative estimate of drug-likeness (QED) is 0.305. The number of ether oxygens (including phenoxy) is 5. The monoisotopic (exact) mass is 559 g/mol. The fourth-order valence-electron chi connectivity index (χ4n) is 3.52. The number of hydrogen-bond acceptors (Lipinski definition) is 9. The van der Waals surface area contributed by atoms with Crippen molar-refractivity contribution in [3.63, 3.8) is 0 Å². The maximum atomic E-state index is 13.3. The summed E-state index contributed by atoms with van der Waals surface area (Å²) in [6.07, 6.45) is -17.0. The van der Waals surface area contributed by atoms with E-state index in [9.17, 15) is 45.5 Å². The highest BCUT2D eigenvalue weighted by atomic mass is 19.4. The van der Waals surface area contributed by atoms with Gasteiger partial charge in [0.15, 0.2) is 12.2 Å². The number of amides is 1. The summed E-state index contributed by atoms with van der Waals surface area (Å²) in [5, 5.41) is 2.28. The molecule has 0 radical (unpaired) electrons. The molecule has 5 atom stereocenters. The summed E-state index contributed by atoms with van der Waals surface area (Å²) in [6, 6.07) is -1.20. The van der Waals surface area contributed by atoms with Crippen molar-refractivity contribution in [2.45, 2.75) is 70.7 Å². The first-order chi connectivity index (χ1) is 17.4. The van der Waals surface area contributed by atoms with E-state index in [0.717, 1.165) is 27.7 Å². The van der Waals surface area contributed by atoms with Crippen LogP contribution in [0.2, 0.25) is 0 Å². The molecule has 0 spiro atoms. The Kier molecular flexibility index (Phi) is 9.58. The van der Waals surface area contributed by atoms with E-state index in [0.29, 0.717) is 0 Å². The van der Waals surface area contributed by atoms with Crippen molar-refractivity contribution in [2.24, 2.45) is 0 Å². The van der Waals surface area contributed by atoms with Crippen molar-refractivity contribution >= 4 is 23.8 Å². The molecule has 38 heavy (non-hydrogen) atoms. The SMILES string of the molecule is CC(=O)N[C@H]1[C@H](Oc2cc(C(F)(F)F)cc(C(F)(F)F)c2)O[C@@H](COC(C)=O)[C@@H](OC(C)=O)[C@@H]1OC(C)=O. The Morgan fingerprint density at radius 2 is 1.32 bits per heavy atom. The standard InChI is InChI=1S/C22H23F6NO9/c1-9(30)29-17-19(36-12(4)33)18(35-11(3)32)16(8-34-10(2)31)38-20(17)37-15-6-13(21(23,24)25)5-14(7-15)22(26,27)28/h5-7,16-20H,8H2,1-4H3,(H,29,30)/t16-,17+,18+,19+,20+/m0/s1. The van der Waals surface area contributed by atoms with Crippen molar-refractivity contribution < 1.29 is 69.2 Å². The number of carbonyl (C=O) groups excluding carboxylic acids is 4. The van der Waals surface area contributed by atoms with Gasteiger partial charge in [0.2, 0.25) is 12.2 Å². The normalized spacial score (nSPS) is 23.7. The number of carbonyl (C=O) groups is 4. The molecule has 212 valence electrons. The summed E-state index contributed by atoms with van der Waals surface area (Å²) in [6.45, 7) is 3.28. The Balaban J connectivity index is 2.62. The summed E-state index contributed by atoms with van der Waals surface area (Å²) in [5.41, 5.74) is -3.39. The van der Waals surface area contributed by atoms with Gasteiger partial charge in [0.25, 0.3) is 0 Å². The van der Waals surface area contributed by atoms with Gasteiger partial charge in [0.1, 0.15) is 24.5 Å². The lowest BCUT2D eigenvalue weighted by Gasteiger charge is -2.44. The Morgan fingerprint density at radius 1 is 0.816 bits per heavy atom. The number of benzene rings is 1. The summed E-state index contributed by atoms with van der Waals surface area (Å²) in [7, 11) is 0. The van der Waals surface area contributed by atoms with Crippen LogP contribution < -0.4 is 10.1 Å². The van der Waals surface area contributed by atoms with Gasteiger partial charge in [-0.3, -0.25) is 19.2 Å². The maximum Gasteiger partial charge on any atom is 0.416 e. The highest BCUT2D eigenvalue weighted by molar-refractivity contribution is 5.73. The van der Waals surface area contributed by atoms with Crippen molar-refractivity contribution in [1.29, 1.82) is 0 Å². The van der Waals surface area contributed by atoms with Crippen LogP contribution in [0.25, 0.3) is 0 Å². The highest BCUT2D eigenvalue weighted by Crippen LogP contribution is 2.39. The van der Waals surface area contributed by atoms with Crippen LogP contribution in [0.1, 0.15) is 38.8 Å². The lowest BCUT2D eigenvalue weighted by atomic mass is 9.96. The van der Waals surface area contributed by atoms with E-state index in [4.69, 9.17) is 23.7 Å². The van der Waals surface area contributed by atoms with Gasteiger partial charge < -0.3 is 29.0 Å². The number of rotatable bonds is 7. The van der Waals surface area contributed by atoms with Crippen LogP contribution >= 0.6 is 0 Å². The van der Waals surface area contributed by atoms with E-state index in [1.165, 1.54) is 0 Å². The molecule has 0 aliphatic carbocycles. The molecule has 1 N–H and O–H groups in total. The van der Waals surface area contributed by atoms with E-state index in [1.807, 2.05) is 0 Å². The van der Waals surface area contributed by atoms with Gasteiger partial charge in [0, 0.05) is 27.7 Å². The van der Waals surface area contributed by atoms with Gasteiger partial charge in [-0.05, 0) is 18.2 Å². The van der Waals surface area contributed by atoms with E-state index < -0.39 is 90.3 Å². The first kappa shape index (κ1) is 30.7. The molecule has 1 aromatic carbocycles. The molecule has 1 heterocycles. The smallest absolute Gasteiger partial charge is 0.416 e. The minimum absolute atomic E-state index is 0.123. The number of alkyl halides is 6. The van der Waals surface area contributed by atoms with Crippen LogP contribution in [-0.2, 0) is 50.5 Å². The lowest BCUT2D eigenvalue weighted by molar-refractivity contribution is -0.257. The van der Waals surface area contributed by atoms with Gasteiger partial charge in [0.05, 0.1) is 11.1 Å². The van der Waals surface area contributed by atoms with Gasteiger partial charge in [-0.25, -0.2) is 0 Å². The van der Waals surface area contributed by atoms with Crippen LogP contribution in [0.4, 0.5) is 26.3 Å². The van der Waals surface area contributed by atoms with Gasteiger partial charge in [-0.15, -0.1) is 0 Å². The molecule has 0 aromatic heterocycles.